The van der Waals surface area contributed by atoms with Gasteiger partial charge in [-0.15, -0.1) is 0 Å². The maximum Gasteiger partial charge on any atom is 0.155 e. The molecule has 0 bridgehead atoms. The van der Waals surface area contributed by atoms with Gasteiger partial charge in [-0.05, 0) is 103 Å². The maximum atomic E-state index is 6.85. The lowest BCUT2D eigenvalue weighted by Crippen LogP contribution is -2.62. The second-order valence-electron chi connectivity index (χ2n) is 18.4. The number of hydrogen-bond acceptors (Lipinski definition) is 2. The van der Waals surface area contributed by atoms with Crippen molar-refractivity contribution in [3.8, 4) is 22.6 Å². The molecular formula is C66H44NOSi. The highest BCUT2D eigenvalue weighted by atomic mass is 28.3. The van der Waals surface area contributed by atoms with E-state index < -0.39 is 19.6 Å². The summed E-state index contributed by atoms with van der Waals surface area (Å²) in [6, 6.07) is 99.3. The standard InChI is InChI=1S/C66H44NOSi/c1-3-22-46(23-4-1)65(54-29-11-9-27-52(54)53-28-10-12-30-55(53)65)47-38-40-48(41-39-47)67(60-34-19-21-45-20-7-8-26-51(45)60)49-42-43-64-59(44-49)66(56-31-13-16-35-61(56)68-62-36-17-14-32-57(62)66)58-33-15-18-37-63(58)69(64)50-24-5-2-6-25-50/h1-44H. The molecular weight excluding hydrogens is 851 g/mol. The van der Waals surface area contributed by atoms with Crippen molar-refractivity contribution in [2.75, 3.05) is 4.90 Å². The maximum absolute atomic E-state index is 6.85. The first-order chi connectivity index (χ1) is 34.2. The molecule has 14 rings (SSSR count). The Balaban J connectivity index is 1.04. The zero-order valence-corrected chi connectivity index (χ0v) is 38.8. The summed E-state index contributed by atoms with van der Waals surface area (Å²) >= 11 is 0. The van der Waals surface area contributed by atoms with Crippen LogP contribution < -0.4 is 25.2 Å². The zero-order valence-electron chi connectivity index (χ0n) is 37.8. The van der Waals surface area contributed by atoms with Crippen molar-refractivity contribution in [2.24, 2.45) is 0 Å². The summed E-state index contributed by atoms with van der Waals surface area (Å²) in [5.74, 6) is 1.78. The molecule has 2 heterocycles. The van der Waals surface area contributed by atoms with E-state index >= 15 is 0 Å². The molecule has 2 nitrogen and oxygen atoms in total. The Morgan fingerprint density at radius 3 is 1.54 bits per heavy atom. The summed E-state index contributed by atoms with van der Waals surface area (Å²) in [5, 5.41) is 6.55. The molecule has 69 heavy (non-hydrogen) atoms. The second-order valence-corrected chi connectivity index (χ2v) is 20.9. The molecule has 3 heteroatoms. The van der Waals surface area contributed by atoms with Gasteiger partial charge < -0.3 is 9.64 Å². The quantitative estimate of drug-likeness (QED) is 0.154. The van der Waals surface area contributed by atoms with Crippen LogP contribution in [0.3, 0.4) is 0 Å². The normalized spacial score (nSPS) is 14.4. The molecule has 0 saturated carbocycles. The van der Waals surface area contributed by atoms with E-state index in [9.17, 15) is 0 Å². The first kappa shape index (κ1) is 39.6. The van der Waals surface area contributed by atoms with E-state index in [1.54, 1.807) is 0 Å². The van der Waals surface area contributed by atoms with E-state index in [1.807, 2.05) is 0 Å². The Kier molecular flexibility index (Phi) is 8.92. The third-order valence-corrected chi connectivity index (χ3v) is 18.0. The summed E-state index contributed by atoms with van der Waals surface area (Å²) in [7, 11) is -1.48. The van der Waals surface area contributed by atoms with Gasteiger partial charge in [0.25, 0.3) is 0 Å². The SMILES string of the molecule is c1ccc([Si]2c3ccccc3C3(c4ccccc4Oc4ccccc43)c3cc(N(c4ccc(C5(c6ccccc6)c6ccccc6-c6ccccc65)cc4)c4cccc5ccccc45)ccc32)cc1. The molecule has 0 N–H and O–H groups in total. The van der Waals surface area contributed by atoms with Gasteiger partial charge in [0.05, 0.1) is 16.5 Å². The van der Waals surface area contributed by atoms with Gasteiger partial charge >= 0.3 is 0 Å². The van der Waals surface area contributed by atoms with Crippen LogP contribution >= 0.6 is 0 Å². The topological polar surface area (TPSA) is 12.5 Å². The molecule has 0 amide bonds. The van der Waals surface area contributed by atoms with Crippen molar-refractivity contribution in [3.05, 3.63) is 311 Å². The Bertz CT molecular complexity index is 3690. The first-order valence-corrected chi connectivity index (χ1v) is 25.4. The van der Waals surface area contributed by atoms with Crippen molar-refractivity contribution in [1.29, 1.82) is 0 Å². The lowest BCUT2D eigenvalue weighted by Gasteiger charge is -2.47. The Hall–Kier alpha value is -8.50. The van der Waals surface area contributed by atoms with Gasteiger partial charge in [-0.3, -0.25) is 0 Å². The molecule has 0 atom stereocenters. The highest BCUT2D eigenvalue weighted by Gasteiger charge is 2.52. The van der Waals surface area contributed by atoms with E-state index in [4.69, 9.17) is 4.74 Å². The number of ether oxygens (including phenoxy) is 1. The molecule has 0 aromatic heterocycles. The number of rotatable bonds is 6. The number of benzene rings is 11. The van der Waals surface area contributed by atoms with Gasteiger partial charge in [0, 0.05) is 27.9 Å². The van der Waals surface area contributed by atoms with Crippen LogP contribution in [-0.2, 0) is 10.8 Å². The monoisotopic (exact) mass is 894 g/mol. The minimum atomic E-state index is -1.48. The average Bonchev–Trinajstić information content (AvgIpc) is 3.73. The van der Waals surface area contributed by atoms with Crippen LogP contribution in [0.4, 0.5) is 17.1 Å². The van der Waals surface area contributed by atoms with Crippen molar-refractivity contribution in [1.82, 2.24) is 0 Å². The number of hydrogen-bond donors (Lipinski definition) is 0. The van der Waals surface area contributed by atoms with Gasteiger partial charge in [0.1, 0.15) is 11.5 Å². The van der Waals surface area contributed by atoms with E-state index in [0.29, 0.717) is 0 Å². The molecule has 1 aliphatic carbocycles. The number of nitrogens with zero attached hydrogens (tertiary/aromatic N) is 1. The van der Waals surface area contributed by atoms with Crippen molar-refractivity contribution >= 4 is 52.2 Å². The number of para-hydroxylation sites is 2. The second kappa shape index (κ2) is 15.5. The number of anilines is 3. The molecule has 11 aromatic rings. The summed E-state index contributed by atoms with van der Waals surface area (Å²) in [6.07, 6.45) is 0. The van der Waals surface area contributed by atoms with Crippen molar-refractivity contribution in [2.45, 2.75) is 10.8 Å². The molecule has 11 aromatic carbocycles. The van der Waals surface area contributed by atoms with E-state index in [-0.39, 0.29) is 0 Å². The molecule has 3 aliphatic rings. The highest BCUT2D eigenvalue weighted by molar-refractivity contribution is 6.96. The van der Waals surface area contributed by atoms with Crippen LogP contribution in [-0.4, -0.2) is 8.80 Å². The van der Waals surface area contributed by atoms with Gasteiger partial charge in [0.15, 0.2) is 8.80 Å². The molecule has 0 unspecified atom stereocenters. The lowest BCUT2D eigenvalue weighted by atomic mass is 9.63. The molecule has 323 valence electrons. The first-order valence-electron chi connectivity index (χ1n) is 23.9. The fourth-order valence-electron chi connectivity index (χ4n) is 12.4. The third-order valence-electron chi connectivity index (χ3n) is 15.1. The fraction of sp³-hybridized carbons (Fsp3) is 0.0303. The van der Waals surface area contributed by atoms with E-state index in [0.717, 1.165) is 39.7 Å². The highest BCUT2D eigenvalue weighted by Crippen LogP contribution is 2.58. The van der Waals surface area contributed by atoms with Crippen molar-refractivity contribution in [3.63, 3.8) is 0 Å². The van der Waals surface area contributed by atoms with Crippen LogP contribution in [0.5, 0.6) is 11.5 Å². The van der Waals surface area contributed by atoms with Crippen LogP contribution in [0.15, 0.2) is 267 Å². The molecule has 1 spiro atoms. The van der Waals surface area contributed by atoms with Crippen LogP contribution in [0.1, 0.15) is 44.5 Å². The van der Waals surface area contributed by atoms with E-state index in [1.165, 1.54) is 70.8 Å². The van der Waals surface area contributed by atoms with Gasteiger partial charge in [-0.2, -0.15) is 0 Å². The fourth-order valence-corrected chi connectivity index (χ4v) is 15.4. The number of fused-ring (bicyclic) bond motifs is 12. The van der Waals surface area contributed by atoms with Crippen molar-refractivity contribution < 1.29 is 4.74 Å². The zero-order chi connectivity index (χ0) is 45.5. The Morgan fingerprint density at radius 2 is 0.841 bits per heavy atom. The van der Waals surface area contributed by atoms with E-state index in [2.05, 4.69) is 272 Å². The summed E-state index contributed by atoms with van der Waals surface area (Å²) in [5.41, 5.74) is 14.8. The summed E-state index contributed by atoms with van der Waals surface area (Å²) in [4.78, 5) is 2.50. The molecule has 0 saturated heterocycles. The largest absolute Gasteiger partial charge is 0.457 e. The minimum absolute atomic E-state index is 0.497. The summed E-state index contributed by atoms with van der Waals surface area (Å²) in [6.45, 7) is 0. The Labute approximate surface area is 404 Å². The van der Waals surface area contributed by atoms with Crippen LogP contribution in [0.2, 0.25) is 0 Å². The molecule has 2 aliphatic heterocycles. The average molecular weight is 895 g/mol. The van der Waals surface area contributed by atoms with Gasteiger partial charge in [-0.1, -0.05) is 230 Å². The predicted octanol–water partition coefficient (Wildman–Crippen LogP) is 14.0. The minimum Gasteiger partial charge on any atom is -0.457 e. The third kappa shape index (κ3) is 5.66. The van der Waals surface area contributed by atoms with Crippen LogP contribution in [0, 0.1) is 0 Å². The molecule has 0 fully saturated rings. The lowest BCUT2D eigenvalue weighted by molar-refractivity contribution is 0.435. The Morgan fingerprint density at radius 1 is 0.333 bits per heavy atom. The smallest absolute Gasteiger partial charge is 0.155 e. The predicted molar refractivity (Wildman–Crippen MR) is 285 cm³/mol. The van der Waals surface area contributed by atoms with Crippen LogP contribution in [0.25, 0.3) is 21.9 Å². The summed E-state index contributed by atoms with van der Waals surface area (Å²) < 4.78 is 6.85. The molecule has 1 radical (unpaired) electrons. The van der Waals surface area contributed by atoms with Gasteiger partial charge in [0.2, 0.25) is 0 Å². The van der Waals surface area contributed by atoms with Gasteiger partial charge in [-0.25, -0.2) is 0 Å².